The van der Waals surface area contributed by atoms with Crippen molar-refractivity contribution in [1.29, 1.82) is 0 Å². The highest BCUT2D eigenvalue weighted by Gasteiger charge is 2.29. The maximum atomic E-state index is 12.4. The van der Waals surface area contributed by atoms with Gasteiger partial charge in [-0.1, -0.05) is 12.1 Å². The highest BCUT2D eigenvalue weighted by molar-refractivity contribution is 5.96. The van der Waals surface area contributed by atoms with Gasteiger partial charge in [0.05, 0.1) is 12.0 Å². The van der Waals surface area contributed by atoms with Crippen molar-refractivity contribution in [3.63, 3.8) is 0 Å². The maximum Gasteiger partial charge on any atom is 0.319 e. The standard InChI is InChI=1S/C16H19N5O4/c1-25-13-4-2-3-12(9-13)11-19-5-7-20(8-6-19)16(22)15-14(21(23)24)10-17-18-15/h2-4,9-10H,5-8,11H2,1H3,(H,17,18). The number of piperazine rings is 1. The second-order valence-electron chi connectivity index (χ2n) is 5.81. The van der Waals surface area contributed by atoms with E-state index in [-0.39, 0.29) is 17.3 Å². The number of benzene rings is 1. The molecule has 1 aliphatic rings. The minimum Gasteiger partial charge on any atom is -0.497 e. The Kier molecular flexibility index (Phi) is 4.94. The van der Waals surface area contributed by atoms with Crippen LogP contribution < -0.4 is 4.74 Å². The number of amides is 1. The SMILES string of the molecule is COc1cccc(CN2CCN(C(=O)c3[nH]ncc3[N+](=O)[O-])CC2)c1. The summed E-state index contributed by atoms with van der Waals surface area (Å²) in [6.07, 6.45) is 1.06. The average molecular weight is 345 g/mol. The Morgan fingerprint density at radius 2 is 2.12 bits per heavy atom. The van der Waals surface area contributed by atoms with Gasteiger partial charge in [0.1, 0.15) is 11.9 Å². The number of carbonyl (C=O) groups is 1. The molecule has 9 nitrogen and oxygen atoms in total. The third kappa shape index (κ3) is 3.77. The molecule has 0 aliphatic carbocycles. The molecule has 1 aliphatic heterocycles. The molecule has 0 spiro atoms. The van der Waals surface area contributed by atoms with E-state index in [1.807, 2.05) is 24.3 Å². The highest BCUT2D eigenvalue weighted by atomic mass is 16.6. The number of nitro groups is 1. The highest BCUT2D eigenvalue weighted by Crippen LogP contribution is 2.19. The molecule has 1 amide bonds. The number of methoxy groups -OCH3 is 1. The number of aromatic amines is 1. The first kappa shape index (κ1) is 16.9. The van der Waals surface area contributed by atoms with Crippen molar-refractivity contribution in [2.75, 3.05) is 33.3 Å². The minimum absolute atomic E-state index is 0.0637. The normalized spacial score (nSPS) is 15.2. The van der Waals surface area contributed by atoms with Gasteiger partial charge in [-0.15, -0.1) is 0 Å². The molecule has 132 valence electrons. The van der Waals surface area contributed by atoms with Gasteiger partial charge in [0.15, 0.2) is 0 Å². The van der Waals surface area contributed by atoms with Crippen molar-refractivity contribution in [1.82, 2.24) is 20.0 Å². The third-order valence-electron chi connectivity index (χ3n) is 4.23. The zero-order valence-electron chi connectivity index (χ0n) is 13.8. The summed E-state index contributed by atoms with van der Waals surface area (Å²) in [6.45, 7) is 3.19. The monoisotopic (exact) mass is 345 g/mol. The van der Waals surface area contributed by atoms with Crippen molar-refractivity contribution < 1.29 is 14.5 Å². The van der Waals surface area contributed by atoms with E-state index in [0.29, 0.717) is 26.2 Å². The molecule has 0 atom stereocenters. The Hall–Kier alpha value is -2.94. The summed E-state index contributed by atoms with van der Waals surface area (Å²) in [5, 5.41) is 17.0. The lowest BCUT2D eigenvalue weighted by Crippen LogP contribution is -2.48. The maximum absolute atomic E-state index is 12.4. The van der Waals surface area contributed by atoms with Crippen LogP contribution in [0.1, 0.15) is 16.1 Å². The number of nitrogens with zero attached hydrogens (tertiary/aromatic N) is 4. The van der Waals surface area contributed by atoms with Crippen molar-refractivity contribution in [3.05, 3.63) is 51.8 Å². The molecule has 2 heterocycles. The molecule has 1 aromatic heterocycles. The van der Waals surface area contributed by atoms with Crippen LogP contribution in [-0.4, -0.2) is 64.1 Å². The Labute approximate surface area is 144 Å². The molecule has 0 bridgehead atoms. The lowest BCUT2D eigenvalue weighted by molar-refractivity contribution is -0.385. The van der Waals surface area contributed by atoms with Crippen LogP contribution in [-0.2, 0) is 6.54 Å². The molecule has 1 fully saturated rings. The summed E-state index contributed by atoms with van der Waals surface area (Å²) >= 11 is 0. The summed E-state index contributed by atoms with van der Waals surface area (Å²) in [4.78, 5) is 26.6. The van der Waals surface area contributed by atoms with Crippen molar-refractivity contribution >= 4 is 11.6 Å². The van der Waals surface area contributed by atoms with E-state index in [1.165, 1.54) is 0 Å². The molecule has 0 unspecified atom stereocenters. The van der Waals surface area contributed by atoms with E-state index in [2.05, 4.69) is 15.1 Å². The Bertz CT molecular complexity index is 767. The molecule has 0 saturated carbocycles. The van der Waals surface area contributed by atoms with Crippen LogP contribution in [0.4, 0.5) is 5.69 Å². The molecule has 1 aromatic carbocycles. The molecule has 2 aromatic rings. The van der Waals surface area contributed by atoms with E-state index >= 15 is 0 Å². The van der Waals surface area contributed by atoms with Gasteiger partial charge in [0.2, 0.25) is 5.69 Å². The lowest BCUT2D eigenvalue weighted by Gasteiger charge is -2.34. The second-order valence-corrected chi connectivity index (χ2v) is 5.81. The van der Waals surface area contributed by atoms with Gasteiger partial charge in [-0.2, -0.15) is 5.10 Å². The van der Waals surface area contributed by atoms with Crippen molar-refractivity contribution in [2.24, 2.45) is 0 Å². The van der Waals surface area contributed by atoms with Crippen molar-refractivity contribution in [3.8, 4) is 5.75 Å². The van der Waals surface area contributed by atoms with Crippen LogP contribution in [0.2, 0.25) is 0 Å². The number of ether oxygens (including phenoxy) is 1. The lowest BCUT2D eigenvalue weighted by atomic mass is 10.2. The summed E-state index contributed by atoms with van der Waals surface area (Å²) < 4.78 is 5.23. The molecule has 0 radical (unpaired) electrons. The van der Waals surface area contributed by atoms with E-state index in [9.17, 15) is 14.9 Å². The molecule has 3 rings (SSSR count). The predicted octanol–water partition coefficient (Wildman–Crippen LogP) is 1.28. The second kappa shape index (κ2) is 7.31. The van der Waals surface area contributed by atoms with Gasteiger partial charge in [-0.25, -0.2) is 0 Å². The number of H-pyrrole nitrogens is 1. The van der Waals surface area contributed by atoms with E-state index in [1.54, 1.807) is 12.0 Å². The molecule has 1 N–H and O–H groups in total. The van der Waals surface area contributed by atoms with Gasteiger partial charge in [-0.3, -0.25) is 24.9 Å². The number of aromatic nitrogens is 2. The average Bonchev–Trinajstić information content (AvgIpc) is 3.12. The number of nitrogens with one attached hydrogen (secondary N) is 1. The Morgan fingerprint density at radius 1 is 1.36 bits per heavy atom. The Morgan fingerprint density at radius 3 is 2.80 bits per heavy atom. The topological polar surface area (TPSA) is 105 Å². The molecular weight excluding hydrogens is 326 g/mol. The first-order chi connectivity index (χ1) is 12.1. The summed E-state index contributed by atoms with van der Waals surface area (Å²) in [5.41, 5.74) is 0.790. The molecule has 1 saturated heterocycles. The van der Waals surface area contributed by atoms with Gasteiger partial charge < -0.3 is 9.64 Å². The summed E-state index contributed by atoms with van der Waals surface area (Å²) in [6, 6.07) is 7.88. The summed E-state index contributed by atoms with van der Waals surface area (Å²) in [5.74, 6) is 0.433. The quantitative estimate of drug-likeness (QED) is 0.647. The van der Waals surface area contributed by atoms with Gasteiger partial charge in [0, 0.05) is 32.7 Å². The molecule has 25 heavy (non-hydrogen) atoms. The van der Waals surface area contributed by atoms with E-state index in [0.717, 1.165) is 24.1 Å². The third-order valence-corrected chi connectivity index (χ3v) is 4.23. The van der Waals surface area contributed by atoms with Crippen LogP contribution in [0, 0.1) is 10.1 Å². The number of hydrogen-bond donors (Lipinski definition) is 1. The minimum atomic E-state index is -0.601. The largest absolute Gasteiger partial charge is 0.497 e. The number of rotatable bonds is 5. The number of hydrogen-bond acceptors (Lipinski definition) is 6. The molecule has 9 heteroatoms. The number of carbonyl (C=O) groups excluding carboxylic acids is 1. The van der Waals surface area contributed by atoms with Gasteiger partial charge in [0.25, 0.3) is 5.91 Å². The Balaban J connectivity index is 1.59. The smallest absolute Gasteiger partial charge is 0.319 e. The first-order valence-corrected chi connectivity index (χ1v) is 7.91. The van der Waals surface area contributed by atoms with Crippen molar-refractivity contribution in [2.45, 2.75) is 6.54 Å². The summed E-state index contributed by atoms with van der Waals surface area (Å²) in [7, 11) is 1.64. The first-order valence-electron chi connectivity index (χ1n) is 7.91. The predicted molar refractivity (Wildman–Crippen MR) is 89.4 cm³/mol. The van der Waals surface area contributed by atoms with Crippen LogP contribution >= 0.6 is 0 Å². The zero-order valence-corrected chi connectivity index (χ0v) is 13.8. The fourth-order valence-corrected chi connectivity index (χ4v) is 2.87. The van der Waals surface area contributed by atoms with Crippen LogP contribution in [0.5, 0.6) is 5.75 Å². The fraction of sp³-hybridized carbons (Fsp3) is 0.375. The molecular formula is C16H19N5O4. The van der Waals surface area contributed by atoms with E-state index in [4.69, 9.17) is 4.74 Å². The van der Waals surface area contributed by atoms with Crippen LogP contribution in [0.15, 0.2) is 30.5 Å². The van der Waals surface area contributed by atoms with Crippen LogP contribution in [0.3, 0.4) is 0 Å². The zero-order chi connectivity index (χ0) is 17.8. The van der Waals surface area contributed by atoms with Gasteiger partial charge in [-0.05, 0) is 17.7 Å². The fourth-order valence-electron chi connectivity index (χ4n) is 2.87. The van der Waals surface area contributed by atoms with Crippen LogP contribution in [0.25, 0.3) is 0 Å². The van der Waals surface area contributed by atoms with Gasteiger partial charge >= 0.3 is 5.69 Å². The van der Waals surface area contributed by atoms with E-state index < -0.39 is 4.92 Å².